The zero-order valence-electron chi connectivity index (χ0n) is 14.7. The molecule has 5 nitrogen and oxygen atoms in total. The number of hydrogen-bond acceptors (Lipinski definition) is 4. The summed E-state index contributed by atoms with van der Waals surface area (Å²) in [6.45, 7) is 5.70. The normalized spacial score (nSPS) is 10.7. The second kappa shape index (κ2) is 9.22. The van der Waals surface area contributed by atoms with E-state index in [4.69, 9.17) is 4.74 Å². The highest BCUT2D eigenvalue weighted by Gasteiger charge is 2.13. The highest BCUT2D eigenvalue weighted by atomic mass is 32.2. The van der Waals surface area contributed by atoms with Crippen molar-refractivity contribution in [3.8, 4) is 16.9 Å². The number of hydrogen-bond donors (Lipinski definition) is 1. The highest BCUT2D eigenvalue weighted by Crippen LogP contribution is 2.30. The third-order valence-corrected chi connectivity index (χ3v) is 4.86. The summed E-state index contributed by atoms with van der Waals surface area (Å²) in [6, 6.07) is 18.3. The molecule has 3 N–H and O–H groups in total. The van der Waals surface area contributed by atoms with E-state index in [1.54, 1.807) is 11.8 Å². The second-order valence-corrected chi connectivity index (χ2v) is 6.71. The molecule has 3 aromatic rings. The van der Waals surface area contributed by atoms with Crippen molar-refractivity contribution < 1.29 is 10.5 Å². The minimum absolute atomic E-state index is 0.357. The molecule has 0 fully saturated rings. The van der Waals surface area contributed by atoms with Gasteiger partial charge in [-0.2, -0.15) is 0 Å². The Morgan fingerprint density at radius 1 is 1.08 bits per heavy atom. The first-order chi connectivity index (χ1) is 12.8. The summed E-state index contributed by atoms with van der Waals surface area (Å²) in [5, 5.41) is 9.47. The van der Waals surface area contributed by atoms with Crippen LogP contribution in [0.15, 0.2) is 72.4 Å². The lowest BCUT2D eigenvalue weighted by atomic mass is 10.1. The van der Waals surface area contributed by atoms with Crippen molar-refractivity contribution in [2.75, 3.05) is 12.3 Å². The van der Waals surface area contributed by atoms with Crippen LogP contribution in [0.2, 0.25) is 0 Å². The van der Waals surface area contributed by atoms with E-state index in [0.717, 1.165) is 40.2 Å². The minimum atomic E-state index is 0.357. The Hall–Kier alpha value is -2.57. The maximum atomic E-state index is 6.10. The molecule has 0 aliphatic rings. The van der Waals surface area contributed by atoms with Gasteiger partial charge in [0.25, 0.3) is 0 Å². The molecule has 134 valence electrons. The molecule has 0 atom stereocenters. The van der Waals surface area contributed by atoms with E-state index in [-0.39, 0.29) is 0 Å². The van der Waals surface area contributed by atoms with E-state index >= 15 is 0 Å². The minimum Gasteiger partial charge on any atom is -0.485 e. The fraction of sp³-hybridized carbons (Fsp3) is 0.200. The molecular weight excluding hydrogens is 344 g/mol. The first-order valence-corrected chi connectivity index (χ1v) is 9.54. The van der Waals surface area contributed by atoms with Crippen molar-refractivity contribution in [3.63, 3.8) is 0 Å². The van der Waals surface area contributed by atoms with E-state index in [2.05, 4.69) is 40.7 Å². The molecule has 26 heavy (non-hydrogen) atoms. The van der Waals surface area contributed by atoms with Gasteiger partial charge in [-0.3, -0.25) is 4.57 Å². The van der Waals surface area contributed by atoms with Gasteiger partial charge in [-0.1, -0.05) is 66.4 Å². The molecule has 6 heteroatoms. The SMILES string of the molecule is C=CCn1c(COc2ccccc2-c2ccccc2)nnc1SCC[NH3+]. The molecule has 3 rings (SSSR count). The van der Waals surface area contributed by atoms with Gasteiger partial charge in [-0.05, 0) is 11.6 Å². The summed E-state index contributed by atoms with van der Waals surface area (Å²) in [5.74, 6) is 2.53. The summed E-state index contributed by atoms with van der Waals surface area (Å²) in [4.78, 5) is 0. The smallest absolute Gasteiger partial charge is 0.191 e. The number of thioether (sulfide) groups is 1. The number of ether oxygens (including phenoxy) is 1. The van der Waals surface area contributed by atoms with Crippen LogP contribution < -0.4 is 10.5 Å². The van der Waals surface area contributed by atoms with Gasteiger partial charge in [-0.15, -0.1) is 16.8 Å². The maximum Gasteiger partial charge on any atom is 0.191 e. The molecule has 0 amide bonds. The molecule has 0 aliphatic heterocycles. The van der Waals surface area contributed by atoms with Crippen LogP contribution in [0.3, 0.4) is 0 Å². The van der Waals surface area contributed by atoms with Gasteiger partial charge in [0.15, 0.2) is 11.0 Å². The predicted octanol–water partition coefficient (Wildman–Crippen LogP) is 3.04. The van der Waals surface area contributed by atoms with Crippen molar-refractivity contribution >= 4 is 11.8 Å². The number of para-hydroxylation sites is 1. The van der Waals surface area contributed by atoms with Crippen molar-refractivity contribution in [3.05, 3.63) is 73.1 Å². The molecule has 0 bridgehead atoms. The lowest BCUT2D eigenvalue weighted by Gasteiger charge is -2.12. The number of nitrogens with zero attached hydrogens (tertiary/aromatic N) is 3. The van der Waals surface area contributed by atoms with Gasteiger partial charge >= 0.3 is 0 Å². The standard InChI is InChI=1S/C20H22N4OS/c1-2-13-24-19(22-23-20(24)26-14-12-21)15-25-18-11-7-6-10-17(18)16-8-4-3-5-9-16/h2-11H,1,12-15,21H2/p+1. The summed E-state index contributed by atoms with van der Waals surface area (Å²) in [6.07, 6.45) is 1.85. The third-order valence-electron chi connectivity index (χ3n) is 3.81. The highest BCUT2D eigenvalue weighted by molar-refractivity contribution is 7.99. The molecule has 1 heterocycles. The number of benzene rings is 2. The lowest BCUT2D eigenvalue weighted by molar-refractivity contribution is -0.360. The quantitative estimate of drug-likeness (QED) is 0.466. The van der Waals surface area contributed by atoms with Crippen LogP contribution in [0.4, 0.5) is 0 Å². The summed E-state index contributed by atoms with van der Waals surface area (Å²) >= 11 is 1.65. The summed E-state index contributed by atoms with van der Waals surface area (Å²) < 4.78 is 8.14. The largest absolute Gasteiger partial charge is 0.485 e. The van der Waals surface area contributed by atoms with E-state index in [9.17, 15) is 0 Å². The van der Waals surface area contributed by atoms with Crippen LogP contribution in [0.1, 0.15) is 5.82 Å². The van der Waals surface area contributed by atoms with Crippen molar-refractivity contribution in [2.45, 2.75) is 18.3 Å². The lowest BCUT2D eigenvalue weighted by Crippen LogP contribution is -2.51. The zero-order valence-corrected chi connectivity index (χ0v) is 15.5. The number of quaternary nitrogens is 1. The molecule has 0 aliphatic carbocycles. The van der Waals surface area contributed by atoms with Gasteiger partial charge in [0.05, 0.1) is 12.3 Å². The number of aromatic nitrogens is 3. The van der Waals surface area contributed by atoms with Gasteiger partial charge in [0.2, 0.25) is 0 Å². The third kappa shape index (κ3) is 4.33. The number of rotatable bonds is 9. The van der Waals surface area contributed by atoms with Crippen molar-refractivity contribution in [1.82, 2.24) is 14.8 Å². The Kier molecular flexibility index (Phi) is 6.46. The van der Waals surface area contributed by atoms with Crippen LogP contribution in [0.5, 0.6) is 5.75 Å². The molecule has 0 unspecified atom stereocenters. The van der Waals surface area contributed by atoms with E-state index in [1.165, 1.54) is 0 Å². The molecule has 0 saturated carbocycles. The van der Waals surface area contributed by atoms with Crippen LogP contribution in [-0.4, -0.2) is 27.1 Å². The van der Waals surface area contributed by atoms with Crippen LogP contribution in [0.25, 0.3) is 11.1 Å². The van der Waals surface area contributed by atoms with E-state index in [1.807, 2.05) is 47.0 Å². The molecule has 0 spiro atoms. The first kappa shape index (κ1) is 18.2. The van der Waals surface area contributed by atoms with Gasteiger partial charge in [0.1, 0.15) is 12.4 Å². The van der Waals surface area contributed by atoms with Crippen molar-refractivity contribution in [1.29, 1.82) is 0 Å². The average Bonchev–Trinajstić information content (AvgIpc) is 3.07. The van der Waals surface area contributed by atoms with Crippen molar-refractivity contribution in [2.24, 2.45) is 0 Å². The van der Waals surface area contributed by atoms with Gasteiger partial charge in [0, 0.05) is 12.1 Å². The van der Waals surface area contributed by atoms with Gasteiger partial charge < -0.3 is 10.5 Å². The zero-order chi connectivity index (χ0) is 18.2. The molecular formula is C20H23N4OS+. The van der Waals surface area contributed by atoms with Gasteiger partial charge in [-0.25, -0.2) is 0 Å². The topological polar surface area (TPSA) is 67.6 Å². The predicted molar refractivity (Wildman–Crippen MR) is 105 cm³/mol. The maximum absolute atomic E-state index is 6.10. The van der Waals surface area contributed by atoms with Crippen LogP contribution in [-0.2, 0) is 13.2 Å². The molecule has 1 aromatic heterocycles. The average molecular weight is 367 g/mol. The van der Waals surface area contributed by atoms with Crippen LogP contribution in [0, 0.1) is 0 Å². The fourth-order valence-electron chi connectivity index (χ4n) is 2.60. The Balaban J connectivity index is 1.80. The second-order valence-electron chi connectivity index (χ2n) is 5.65. The molecule has 0 saturated heterocycles. The summed E-state index contributed by atoms with van der Waals surface area (Å²) in [5.41, 5.74) is 6.07. The van der Waals surface area contributed by atoms with E-state index < -0.39 is 0 Å². The first-order valence-electron chi connectivity index (χ1n) is 8.55. The summed E-state index contributed by atoms with van der Waals surface area (Å²) in [7, 11) is 0. The Bertz CT molecular complexity index is 848. The molecule has 2 aromatic carbocycles. The Morgan fingerprint density at radius 2 is 1.85 bits per heavy atom. The molecule has 0 radical (unpaired) electrons. The Morgan fingerprint density at radius 3 is 2.62 bits per heavy atom. The monoisotopic (exact) mass is 367 g/mol. The van der Waals surface area contributed by atoms with E-state index in [0.29, 0.717) is 13.2 Å². The fourth-order valence-corrected chi connectivity index (χ4v) is 3.36. The Labute approximate surface area is 157 Å². The number of allylic oxidation sites excluding steroid dienone is 1. The van der Waals surface area contributed by atoms with Crippen LogP contribution >= 0.6 is 11.8 Å².